The second-order valence-electron chi connectivity index (χ2n) is 4.24. The highest BCUT2D eigenvalue weighted by molar-refractivity contribution is 5.88. The molecule has 6 nitrogen and oxygen atoms in total. The number of aryl methyl sites for hydroxylation is 1. The lowest BCUT2D eigenvalue weighted by molar-refractivity contribution is 0.0697. The summed E-state index contributed by atoms with van der Waals surface area (Å²) in [6.45, 7) is 1.82. The van der Waals surface area contributed by atoms with Gasteiger partial charge in [0.2, 0.25) is 5.89 Å². The minimum absolute atomic E-state index is 0.207. The van der Waals surface area contributed by atoms with Crippen molar-refractivity contribution in [1.29, 1.82) is 0 Å². The van der Waals surface area contributed by atoms with Crippen molar-refractivity contribution in [2.24, 2.45) is 0 Å². The Hall–Kier alpha value is -2.89. The highest BCUT2D eigenvalue weighted by atomic mass is 16.4. The molecule has 0 radical (unpaired) electrons. The monoisotopic (exact) mass is 270 g/mol. The second kappa shape index (κ2) is 4.65. The molecule has 0 unspecified atom stereocenters. The number of aromatic nitrogens is 2. The van der Waals surface area contributed by atoms with E-state index in [1.807, 2.05) is 6.92 Å². The van der Waals surface area contributed by atoms with Crippen molar-refractivity contribution in [3.63, 3.8) is 0 Å². The van der Waals surface area contributed by atoms with E-state index in [0.717, 1.165) is 5.76 Å². The third-order valence-corrected chi connectivity index (χ3v) is 2.78. The molecule has 0 spiro atoms. The van der Waals surface area contributed by atoms with Crippen LogP contribution in [0.5, 0.6) is 0 Å². The molecule has 3 aromatic rings. The molecular formula is C14H10N2O4. The first-order chi connectivity index (χ1) is 9.63. The van der Waals surface area contributed by atoms with Crippen molar-refractivity contribution in [2.45, 2.75) is 6.92 Å². The van der Waals surface area contributed by atoms with Crippen molar-refractivity contribution in [1.82, 2.24) is 10.2 Å². The summed E-state index contributed by atoms with van der Waals surface area (Å²) in [7, 11) is 0. The van der Waals surface area contributed by atoms with Crippen LogP contribution in [0, 0.1) is 6.92 Å². The van der Waals surface area contributed by atoms with Crippen LogP contribution in [-0.4, -0.2) is 21.3 Å². The molecular weight excluding hydrogens is 260 g/mol. The Labute approximate surface area is 113 Å². The summed E-state index contributed by atoms with van der Waals surface area (Å²) in [6, 6.07) is 8.03. The summed E-state index contributed by atoms with van der Waals surface area (Å²) in [4.78, 5) is 10.8. The first-order valence-electron chi connectivity index (χ1n) is 5.86. The SMILES string of the molecule is Cc1cc(-c2nnc(-c3ccc(C(=O)O)cc3)o2)co1. The number of rotatable bonds is 3. The van der Waals surface area contributed by atoms with Crippen LogP contribution < -0.4 is 0 Å². The van der Waals surface area contributed by atoms with E-state index in [4.69, 9.17) is 13.9 Å². The van der Waals surface area contributed by atoms with Gasteiger partial charge in [-0.2, -0.15) is 0 Å². The number of carboxylic acid groups (broad SMARTS) is 1. The van der Waals surface area contributed by atoms with Crippen LogP contribution in [0.3, 0.4) is 0 Å². The molecule has 0 aliphatic carbocycles. The molecule has 1 N–H and O–H groups in total. The molecule has 20 heavy (non-hydrogen) atoms. The van der Waals surface area contributed by atoms with E-state index in [-0.39, 0.29) is 5.56 Å². The molecule has 0 bridgehead atoms. The number of aromatic carboxylic acids is 1. The fourth-order valence-electron chi connectivity index (χ4n) is 1.77. The van der Waals surface area contributed by atoms with Crippen molar-refractivity contribution in [3.05, 3.63) is 47.9 Å². The summed E-state index contributed by atoms with van der Waals surface area (Å²) in [5, 5.41) is 16.7. The molecule has 0 fully saturated rings. The quantitative estimate of drug-likeness (QED) is 0.786. The normalized spacial score (nSPS) is 10.7. The van der Waals surface area contributed by atoms with E-state index in [2.05, 4.69) is 10.2 Å². The molecule has 6 heteroatoms. The Morgan fingerprint density at radius 3 is 2.30 bits per heavy atom. The first-order valence-corrected chi connectivity index (χ1v) is 5.86. The van der Waals surface area contributed by atoms with Gasteiger partial charge in [-0.25, -0.2) is 4.79 Å². The molecule has 0 aliphatic heterocycles. The van der Waals surface area contributed by atoms with Gasteiger partial charge in [0.1, 0.15) is 12.0 Å². The van der Waals surface area contributed by atoms with E-state index in [1.165, 1.54) is 12.1 Å². The lowest BCUT2D eigenvalue weighted by Gasteiger charge is -1.96. The fraction of sp³-hybridized carbons (Fsp3) is 0.0714. The molecule has 100 valence electrons. The average molecular weight is 270 g/mol. The van der Waals surface area contributed by atoms with E-state index in [9.17, 15) is 4.79 Å². The molecule has 3 rings (SSSR count). The Balaban J connectivity index is 1.91. The number of furan rings is 1. The van der Waals surface area contributed by atoms with Gasteiger partial charge >= 0.3 is 5.97 Å². The van der Waals surface area contributed by atoms with Gasteiger partial charge in [-0.05, 0) is 37.3 Å². The maximum absolute atomic E-state index is 10.8. The molecule has 2 heterocycles. The third kappa shape index (κ3) is 2.18. The number of carbonyl (C=O) groups is 1. The highest BCUT2D eigenvalue weighted by Crippen LogP contribution is 2.25. The van der Waals surface area contributed by atoms with E-state index < -0.39 is 5.97 Å². The van der Waals surface area contributed by atoms with E-state index in [1.54, 1.807) is 24.5 Å². The minimum Gasteiger partial charge on any atom is -0.478 e. The zero-order valence-electron chi connectivity index (χ0n) is 10.5. The van der Waals surface area contributed by atoms with Crippen LogP contribution in [0.1, 0.15) is 16.1 Å². The van der Waals surface area contributed by atoms with Crippen molar-refractivity contribution < 1.29 is 18.7 Å². The van der Waals surface area contributed by atoms with Crippen molar-refractivity contribution in [2.75, 3.05) is 0 Å². The molecule has 0 saturated heterocycles. The fourth-order valence-corrected chi connectivity index (χ4v) is 1.77. The zero-order valence-corrected chi connectivity index (χ0v) is 10.5. The summed E-state index contributed by atoms with van der Waals surface area (Å²) < 4.78 is 10.7. The third-order valence-electron chi connectivity index (χ3n) is 2.78. The van der Waals surface area contributed by atoms with Crippen molar-refractivity contribution in [3.8, 4) is 22.9 Å². The molecule has 0 aliphatic rings. The number of nitrogens with zero attached hydrogens (tertiary/aromatic N) is 2. The molecule has 1 aromatic carbocycles. The van der Waals surface area contributed by atoms with Crippen LogP contribution in [0.25, 0.3) is 22.9 Å². The van der Waals surface area contributed by atoms with Crippen LogP contribution in [-0.2, 0) is 0 Å². The second-order valence-corrected chi connectivity index (χ2v) is 4.24. The maximum Gasteiger partial charge on any atom is 0.335 e. The average Bonchev–Trinajstić information content (AvgIpc) is 3.07. The predicted octanol–water partition coefficient (Wildman–Crippen LogP) is 3.00. The minimum atomic E-state index is -0.975. The summed E-state index contributed by atoms with van der Waals surface area (Å²) in [5.74, 6) is 0.470. The number of hydrogen-bond acceptors (Lipinski definition) is 5. The molecule has 0 amide bonds. The predicted molar refractivity (Wildman–Crippen MR) is 69.1 cm³/mol. The van der Waals surface area contributed by atoms with Gasteiger partial charge in [0.25, 0.3) is 5.89 Å². The summed E-state index contributed by atoms with van der Waals surface area (Å²) in [6.07, 6.45) is 1.54. The Morgan fingerprint density at radius 2 is 1.75 bits per heavy atom. The Kier molecular flexibility index (Phi) is 2.83. The number of hydrogen-bond donors (Lipinski definition) is 1. The van der Waals surface area contributed by atoms with Crippen LogP contribution in [0.2, 0.25) is 0 Å². The lowest BCUT2D eigenvalue weighted by atomic mass is 10.1. The van der Waals surface area contributed by atoms with Gasteiger partial charge in [-0.3, -0.25) is 0 Å². The topological polar surface area (TPSA) is 89.4 Å². The van der Waals surface area contributed by atoms with Crippen LogP contribution >= 0.6 is 0 Å². The standard InChI is InChI=1S/C14H10N2O4/c1-8-6-11(7-19-8)13-16-15-12(20-13)9-2-4-10(5-3-9)14(17)18/h2-7H,1H3,(H,17,18). The first kappa shape index (κ1) is 12.2. The lowest BCUT2D eigenvalue weighted by Crippen LogP contribution is -1.94. The van der Waals surface area contributed by atoms with E-state index in [0.29, 0.717) is 22.9 Å². The summed E-state index contributed by atoms with van der Waals surface area (Å²) >= 11 is 0. The zero-order chi connectivity index (χ0) is 14.1. The number of carboxylic acids is 1. The Morgan fingerprint density at radius 1 is 1.10 bits per heavy atom. The van der Waals surface area contributed by atoms with E-state index >= 15 is 0 Å². The maximum atomic E-state index is 10.8. The van der Waals surface area contributed by atoms with Gasteiger partial charge in [0.05, 0.1) is 11.1 Å². The highest BCUT2D eigenvalue weighted by Gasteiger charge is 2.12. The van der Waals surface area contributed by atoms with Crippen LogP contribution in [0.15, 0.2) is 45.4 Å². The number of benzene rings is 1. The van der Waals surface area contributed by atoms with Gasteiger partial charge in [0, 0.05) is 5.56 Å². The summed E-state index contributed by atoms with van der Waals surface area (Å²) in [5.41, 5.74) is 1.58. The van der Waals surface area contributed by atoms with Gasteiger partial charge in [0.15, 0.2) is 0 Å². The van der Waals surface area contributed by atoms with Crippen molar-refractivity contribution >= 4 is 5.97 Å². The smallest absolute Gasteiger partial charge is 0.335 e. The molecule has 0 saturated carbocycles. The van der Waals surface area contributed by atoms with Gasteiger partial charge in [-0.15, -0.1) is 10.2 Å². The molecule has 2 aromatic heterocycles. The largest absolute Gasteiger partial charge is 0.478 e. The Bertz CT molecular complexity index is 756. The van der Waals surface area contributed by atoms with Gasteiger partial charge in [-0.1, -0.05) is 0 Å². The van der Waals surface area contributed by atoms with Gasteiger partial charge < -0.3 is 13.9 Å². The van der Waals surface area contributed by atoms with Crippen LogP contribution in [0.4, 0.5) is 0 Å². The molecule has 0 atom stereocenters.